The van der Waals surface area contributed by atoms with Crippen molar-refractivity contribution >= 4 is 10.0 Å². The highest BCUT2D eigenvalue weighted by molar-refractivity contribution is 7.89. The maximum atomic E-state index is 13.7. The summed E-state index contributed by atoms with van der Waals surface area (Å²) in [7, 11) is 2.26. The van der Waals surface area contributed by atoms with E-state index >= 15 is 0 Å². The minimum absolute atomic E-state index is 0.0789. The van der Waals surface area contributed by atoms with Crippen LogP contribution >= 0.6 is 0 Å². The van der Waals surface area contributed by atoms with Gasteiger partial charge in [0, 0.05) is 37.4 Å². The first kappa shape index (κ1) is 34.3. The Morgan fingerprint density at radius 2 is 1.76 bits per heavy atom. The number of hydrogen-bond acceptors (Lipinski definition) is 9. The summed E-state index contributed by atoms with van der Waals surface area (Å²) in [4.78, 5) is 14.3. The van der Waals surface area contributed by atoms with Crippen LogP contribution < -0.4 is 15.2 Å². The van der Waals surface area contributed by atoms with Crippen LogP contribution in [0.1, 0.15) is 67.1 Å². The van der Waals surface area contributed by atoms with Crippen LogP contribution in [-0.2, 0) is 15.6 Å². The lowest BCUT2D eigenvalue weighted by Crippen LogP contribution is -2.50. The van der Waals surface area contributed by atoms with Gasteiger partial charge in [-0.1, -0.05) is 30.3 Å². The first-order valence-corrected chi connectivity index (χ1v) is 17.8. The van der Waals surface area contributed by atoms with Crippen LogP contribution in [0.4, 0.5) is 0 Å². The molecule has 0 saturated carbocycles. The molecule has 2 aliphatic heterocycles. The van der Waals surface area contributed by atoms with Crippen molar-refractivity contribution in [3.63, 3.8) is 0 Å². The van der Waals surface area contributed by atoms with Crippen LogP contribution in [0.25, 0.3) is 0 Å². The van der Waals surface area contributed by atoms with Crippen molar-refractivity contribution in [2.24, 2.45) is 5.73 Å². The van der Waals surface area contributed by atoms with Crippen LogP contribution in [0.15, 0.2) is 59.6 Å². The molecule has 2 aromatic carbocycles. The van der Waals surface area contributed by atoms with E-state index in [0.29, 0.717) is 46.4 Å². The molecule has 1 aromatic heterocycles. The van der Waals surface area contributed by atoms with E-state index in [1.165, 1.54) is 9.87 Å². The molecule has 10 nitrogen and oxygen atoms in total. The first-order valence-electron chi connectivity index (χ1n) is 16.4. The van der Waals surface area contributed by atoms with Crippen molar-refractivity contribution in [2.45, 2.75) is 75.0 Å². The molecule has 0 amide bonds. The summed E-state index contributed by atoms with van der Waals surface area (Å²) in [5.74, 6) is 1.63. The second-order valence-corrected chi connectivity index (χ2v) is 14.8. The summed E-state index contributed by atoms with van der Waals surface area (Å²) < 4.78 is 40.5. The van der Waals surface area contributed by atoms with Gasteiger partial charge in [-0.2, -0.15) is 9.29 Å². The monoisotopic (exact) mass is 650 g/mol. The fourth-order valence-corrected chi connectivity index (χ4v) is 9.03. The normalized spacial score (nSPS) is 20.0. The number of ether oxygens (including phenoxy) is 2. The molecule has 46 heavy (non-hydrogen) atoms. The maximum absolute atomic E-state index is 13.7. The third kappa shape index (κ3) is 7.55. The summed E-state index contributed by atoms with van der Waals surface area (Å²) in [6.45, 7) is 7.41. The summed E-state index contributed by atoms with van der Waals surface area (Å²) in [6, 6.07) is 15.8. The van der Waals surface area contributed by atoms with Gasteiger partial charge >= 0.3 is 0 Å². The van der Waals surface area contributed by atoms with Crippen molar-refractivity contribution in [3.05, 3.63) is 77.2 Å². The number of benzene rings is 2. The van der Waals surface area contributed by atoms with E-state index in [9.17, 15) is 8.42 Å². The van der Waals surface area contributed by atoms with Crippen LogP contribution in [0.5, 0.6) is 11.6 Å². The molecule has 0 bridgehead atoms. The van der Waals surface area contributed by atoms with Gasteiger partial charge < -0.3 is 20.1 Å². The molecular formula is C35H50N6O4S. The van der Waals surface area contributed by atoms with Gasteiger partial charge in [0.05, 0.1) is 24.6 Å². The molecule has 2 aliphatic rings. The molecule has 5 rings (SSSR count). The van der Waals surface area contributed by atoms with E-state index < -0.39 is 10.0 Å². The van der Waals surface area contributed by atoms with E-state index in [1.54, 1.807) is 45.4 Å². The number of nitrogens with two attached hydrogens (primary N) is 1. The summed E-state index contributed by atoms with van der Waals surface area (Å²) in [5, 5.41) is 0. The van der Waals surface area contributed by atoms with Gasteiger partial charge in [-0.3, -0.25) is 4.90 Å². The van der Waals surface area contributed by atoms with Crippen molar-refractivity contribution < 1.29 is 17.9 Å². The Morgan fingerprint density at radius 1 is 1.07 bits per heavy atom. The van der Waals surface area contributed by atoms with Gasteiger partial charge in [0.15, 0.2) is 0 Å². The minimum Gasteiger partial charge on any atom is -0.497 e. The number of aromatic nitrogens is 2. The predicted molar refractivity (Wildman–Crippen MR) is 181 cm³/mol. The Morgan fingerprint density at radius 3 is 2.41 bits per heavy atom. The summed E-state index contributed by atoms with van der Waals surface area (Å²) >= 11 is 0. The quantitative estimate of drug-likeness (QED) is 0.299. The van der Waals surface area contributed by atoms with E-state index in [1.807, 2.05) is 0 Å². The van der Waals surface area contributed by atoms with Crippen molar-refractivity contribution in [3.8, 4) is 11.6 Å². The van der Waals surface area contributed by atoms with E-state index in [-0.39, 0.29) is 24.2 Å². The highest BCUT2D eigenvalue weighted by atomic mass is 32.2. The van der Waals surface area contributed by atoms with Gasteiger partial charge in [0.1, 0.15) is 17.7 Å². The number of nitrogens with zero attached hydrogens (tertiary/aromatic N) is 5. The van der Waals surface area contributed by atoms with Crippen LogP contribution in [-0.4, -0.2) is 92.5 Å². The number of sulfonamides is 1. The Bertz CT molecular complexity index is 1540. The van der Waals surface area contributed by atoms with E-state index in [0.717, 1.165) is 51.7 Å². The third-order valence-corrected chi connectivity index (χ3v) is 11.9. The van der Waals surface area contributed by atoms with Gasteiger partial charge in [-0.15, -0.1) is 0 Å². The Hall–Kier alpha value is -3.09. The topological polar surface area (TPSA) is 114 Å². The van der Waals surface area contributed by atoms with Gasteiger partial charge in [-0.25, -0.2) is 13.4 Å². The molecule has 3 heterocycles. The highest BCUT2D eigenvalue weighted by Crippen LogP contribution is 2.37. The lowest BCUT2D eigenvalue weighted by atomic mass is 9.80. The van der Waals surface area contributed by atoms with Crippen LogP contribution in [0.2, 0.25) is 0 Å². The fourth-order valence-electron chi connectivity index (χ4n) is 7.11. The predicted octanol–water partition coefficient (Wildman–Crippen LogP) is 4.67. The standard InChI is InChI=1S/C35H50N6O4S/c1-26-23-30(44-5)24-27(2)33(26)46(42,43)41-20-9-13-29(25-41)45-32-15-18-37-34(38-32)31(36)14-10-19-40-21-16-35(17-22-40,39(3)4)28-11-7-6-8-12-28/h6-8,11-12,15,18,23-24,29,31H,9-10,13-14,16-17,19-22,25,36H2,1-5H3. The molecule has 2 fully saturated rings. The zero-order valence-electron chi connectivity index (χ0n) is 28.0. The summed E-state index contributed by atoms with van der Waals surface area (Å²) in [6.07, 6.45) is 6.72. The largest absolute Gasteiger partial charge is 0.497 e. The molecule has 2 N–H and O–H groups in total. The number of piperidine rings is 2. The lowest BCUT2D eigenvalue weighted by Gasteiger charge is -2.46. The molecule has 11 heteroatoms. The molecule has 250 valence electrons. The second-order valence-electron chi connectivity index (χ2n) is 13.0. The molecule has 2 unspecified atom stereocenters. The molecule has 2 saturated heterocycles. The zero-order valence-corrected chi connectivity index (χ0v) is 28.8. The Kier molecular flexibility index (Phi) is 11.0. The lowest BCUT2D eigenvalue weighted by molar-refractivity contribution is 0.0530. The average Bonchev–Trinajstić information content (AvgIpc) is 3.05. The molecular weight excluding hydrogens is 600 g/mol. The van der Waals surface area contributed by atoms with Crippen LogP contribution in [0.3, 0.4) is 0 Å². The first-order chi connectivity index (χ1) is 22.0. The van der Waals surface area contributed by atoms with Gasteiger partial charge in [-0.05, 0) is 102 Å². The number of likely N-dealkylation sites (tertiary alicyclic amines) is 1. The van der Waals surface area contributed by atoms with Crippen molar-refractivity contribution in [1.29, 1.82) is 0 Å². The Labute approximate surface area is 275 Å². The molecule has 0 spiro atoms. The van der Waals surface area contributed by atoms with Crippen molar-refractivity contribution in [2.75, 3.05) is 53.9 Å². The number of methoxy groups -OCH3 is 1. The van der Waals surface area contributed by atoms with Gasteiger partial charge in [0.2, 0.25) is 15.9 Å². The van der Waals surface area contributed by atoms with Crippen LogP contribution in [0, 0.1) is 13.8 Å². The maximum Gasteiger partial charge on any atom is 0.243 e. The van der Waals surface area contributed by atoms with Crippen molar-refractivity contribution in [1.82, 2.24) is 24.1 Å². The Balaban J connectivity index is 1.13. The number of hydrogen-bond donors (Lipinski definition) is 1. The highest BCUT2D eigenvalue weighted by Gasteiger charge is 2.38. The zero-order chi connectivity index (χ0) is 32.9. The molecule has 2 atom stereocenters. The van der Waals surface area contributed by atoms with E-state index in [4.69, 9.17) is 15.2 Å². The number of aryl methyl sites for hydroxylation is 2. The summed E-state index contributed by atoms with van der Waals surface area (Å²) in [5.41, 5.74) is 9.37. The molecule has 0 radical (unpaired) electrons. The second kappa shape index (κ2) is 14.8. The molecule has 0 aliphatic carbocycles. The smallest absolute Gasteiger partial charge is 0.243 e. The van der Waals surface area contributed by atoms with E-state index in [2.05, 4.69) is 64.2 Å². The minimum atomic E-state index is -3.70. The van der Waals surface area contributed by atoms with Gasteiger partial charge in [0.25, 0.3) is 0 Å². The number of rotatable bonds is 12. The average molecular weight is 651 g/mol. The fraction of sp³-hybridized carbons (Fsp3) is 0.543. The SMILES string of the molecule is COc1cc(C)c(S(=O)(=O)N2CCCC(Oc3ccnc(C(N)CCCN4CCC(c5ccccc5)(N(C)C)CC4)n3)C2)c(C)c1. The molecule has 3 aromatic rings. The third-order valence-electron chi connectivity index (χ3n) is 9.72.